The number of rotatable bonds is 8. The van der Waals surface area contributed by atoms with Crippen LogP contribution in [0.1, 0.15) is 52.4 Å². The van der Waals surface area contributed by atoms with Crippen LogP contribution >= 0.6 is 24.0 Å². The van der Waals surface area contributed by atoms with Gasteiger partial charge in [0.25, 0.3) is 0 Å². The van der Waals surface area contributed by atoms with Crippen LogP contribution in [0.15, 0.2) is 0 Å². The normalized spacial score (nSPS) is 11.8. The number of unbranched alkanes of at least 4 members (excludes halogenated alkanes) is 4. The average Bonchev–Trinajstić information content (AvgIpc) is 2.19. The first-order valence-corrected chi connectivity index (χ1v) is 7.20. The summed E-state index contributed by atoms with van der Waals surface area (Å²) in [5.74, 6) is 1.19. The molecule has 0 amide bonds. The van der Waals surface area contributed by atoms with Crippen molar-refractivity contribution < 1.29 is 24.2 Å². The topological polar surface area (TPSA) is 9.23 Å². The van der Waals surface area contributed by atoms with Crippen molar-refractivity contribution in [2.75, 3.05) is 12.4 Å². The molecule has 1 nitrogen and oxygen atoms in total. The molecule has 0 atom stereocenters. The molecule has 0 saturated carbocycles. The minimum atomic E-state index is 0. The fourth-order valence-electron chi connectivity index (χ4n) is 1.10. The van der Waals surface area contributed by atoms with Crippen molar-refractivity contribution in [3.8, 4) is 0 Å². The van der Waals surface area contributed by atoms with Gasteiger partial charge in [-0.05, 0) is 18.6 Å². The predicted molar refractivity (Wildman–Crippen MR) is 72.8 cm³/mol. The maximum absolute atomic E-state index is 5.49. The van der Waals surface area contributed by atoms with Gasteiger partial charge in [0.2, 0.25) is 0 Å². The quantitative estimate of drug-likeness (QED) is 0.299. The molecule has 0 bridgehead atoms. The van der Waals surface area contributed by atoms with Crippen molar-refractivity contribution in [3.05, 3.63) is 0 Å². The molecule has 4 heteroatoms. The van der Waals surface area contributed by atoms with E-state index in [2.05, 4.69) is 26.5 Å². The van der Waals surface area contributed by atoms with Crippen LogP contribution in [0.5, 0.6) is 0 Å². The van der Waals surface area contributed by atoms with E-state index >= 15 is 0 Å². The third kappa shape index (κ3) is 15.2. The van der Waals surface area contributed by atoms with Crippen molar-refractivity contribution in [1.29, 1.82) is 0 Å². The number of hydrogen-bond acceptors (Lipinski definition) is 1. The van der Waals surface area contributed by atoms with Crippen molar-refractivity contribution in [1.82, 2.24) is 0 Å². The standard InChI is InChI=1S/C11H24OS2.Zn/c1-3-5-7-9-12-11(13)14-10-8-6-4-2;/h13-14H,3-10H2,1-2H3;. The van der Waals surface area contributed by atoms with Gasteiger partial charge in [-0.15, -0.1) is 12.6 Å². The molecule has 0 aliphatic rings. The molecule has 0 aromatic rings. The summed E-state index contributed by atoms with van der Waals surface area (Å²) in [7, 11) is 0. The zero-order chi connectivity index (χ0) is 10.6. The second-order valence-corrected chi connectivity index (χ2v) is 5.36. The number of ether oxygens (including phenoxy) is 1. The Labute approximate surface area is 117 Å². The smallest absolute Gasteiger partial charge is 0.127 e. The third-order valence-electron chi connectivity index (χ3n) is 1.99. The first-order chi connectivity index (χ1) is 6.81. The SMILES string of the molecule is CCCCCOC(S)=[SH]CCCCC.[Zn]. The number of thiol groups is 2. The molecule has 0 heterocycles. The van der Waals surface area contributed by atoms with Gasteiger partial charge in [-0.25, -0.2) is 0 Å². The monoisotopic (exact) mass is 300 g/mol. The van der Waals surface area contributed by atoms with Crippen LogP contribution in [0.4, 0.5) is 0 Å². The van der Waals surface area contributed by atoms with Gasteiger partial charge >= 0.3 is 0 Å². The molecular weight excluding hydrogens is 278 g/mol. The van der Waals surface area contributed by atoms with Crippen LogP contribution in [-0.2, 0) is 24.2 Å². The molecule has 0 aromatic carbocycles. The summed E-state index contributed by atoms with van der Waals surface area (Å²) in [5, 5.41) is 0. The second-order valence-electron chi connectivity index (χ2n) is 3.43. The Hall–Kier alpha value is 1.15. The van der Waals surface area contributed by atoms with Crippen molar-refractivity contribution in [2.45, 2.75) is 52.4 Å². The zero-order valence-electron chi connectivity index (χ0n) is 10.2. The van der Waals surface area contributed by atoms with Crippen LogP contribution in [-0.4, -0.2) is 16.7 Å². The van der Waals surface area contributed by atoms with Crippen LogP contribution in [0.25, 0.3) is 0 Å². The van der Waals surface area contributed by atoms with Crippen LogP contribution in [0.3, 0.4) is 0 Å². The molecule has 0 saturated heterocycles. The average molecular weight is 302 g/mol. The third-order valence-corrected chi connectivity index (χ3v) is 3.48. The predicted octanol–water partition coefficient (Wildman–Crippen LogP) is 3.86. The van der Waals surface area contributed by atoms with E-state index in [0.29, 0.717) is 0 Å². The first kappa shape index (κ1) is 18.5. The van der Waals surface area contributed by atoms with E-state index in [-0.39, 0.29) is 19.5 Å². The Balaban J connectivity index is 0. The van der Waals surface area contributed by atoms with Crippen molar-refractivity contribution in [3.63, 3.8) is 0 Å². The van der Waals surface area contributed by atoms with Crippen molar-refractivity contribution >= 4 is 28.4 Å². The van der Waals surface area contributed by atoms with Gasteiger partial charge in [0.15, 0.2) is 0 Å². The van der Waals surface area contributed by atoms with Crippen LogP contribution < -0.4 is 0 Å². The molecule has 0 aromatic heterocycles. The summed E-state index contributed by atoms with van der Waals surface area (Å²) in [6.07, 6.45) is 7.57. The molecule has 15 heavy (non-hydrogen) atoms. The molecule has 0 aliphatic carbocycles. The molecule has 0 radical (unpaired) electrons. The first-order valence-electron chi connectivity index (χ1n) is 5.67. The summed E-state index contributed by atoms with van der Waals surface area (Å²) >= 11 is 5.58. The Morgan fingerprint density at radius 1 is 1.07 bits per heavy atom. The van der Waals surface area contributed by atoms with E-state index in [1.54, 1.807) is 0 Å². The van der Waals surface area contributed by atoms with Gasteiger partial charge in [-0.2, -0.15) is 11.4 Å². The number of hydrogen-bond donors (Lipinski definition) is 2. The maximum atomic E-state index is 5.49. The van der Waals surface area contributed by atoms with E-state index in [4.69, 9.17) is 4.74 Å². The maximum Gasteiger partial charge on any atom is 0.127 e. The molecule has 0 aliphatic heterocycles. The summed E-state index contributed by atoms with van der Waals surface area (Å²) in [6, 6.07) is 0. The van der Waals surface area contributed by atoms with Gasteiger partial charge in [0.1, 0.15) is 4.38 Å². The zero-order valence-corrected chi connectivity index (χ0v) is 14.9. The summed E-state index contributed by atoms with van der Waals surface area (Å²) in [5.41, 5.74) is 0. The molecule has 0 N–H and O–H groups in total. The Kier molecular flexibility index (Phi) is 18.7. The van der Waals surface area contributed by atoms with E-state index < -0.39 is 0 Å². The fraction of sp³-hybridized carbons (Fsp3) is 0.909. The fourth-order valence-corrected chi connectivity index (χ4v) is 2.24. The summed E-state index contributed by atoms with van der Waals surface area (Å²) < 4.78 is 6.39. The van der Waals surface area contributed by atoms with Gasteiger partial charge < -0.3 is 4.74 Å². The van der Waals surface area contributed by atoms with Gasteiger partial charge in [-0.3, -0.25) is 0 Å². The van der Waals surface area contributed by atoms with Crippen molar-refractivity contribution in [2.24, 2.45) is 0 Å². The molecule has 0 fully saturated rings. The molecule has 0 spiro atoms. The van der Waals surface area contributed by atoms with Crippen LogP contribution in [0, 0.1) is 0 Å². The van der Waals surface area contributed by atoms with Gasteiger partial charge in [0, 0.05) is 19.5 Å². The minimum Gasteiger partial charge on any atom is -0.335 e. The summed E-state index contributed by atoms with van der Waals surface area (Å²) in [6.45, 7) is 5.27. The van der Waals surface area contributed by atoms with Gasteiger partial charge in [-0.1, -0.05) is 39.5 Å². The molecule has 0 rings (SSSR count). The van der Waals surface area contributed by atoms with E-state index in [9.17, 15) is 0 Å². The Morgan fingerprint density at radius 2 is 1.67 bits per heavy atom. The van der Waals surface area contributed by atoms with E-state index in [1.165, 1.54) is 49.2 Å². The molecule has 88 valence electrons. The molecule has 0 unspecified atom stereocenters. The van der Waals surface area contributed by atoms with Crippen LogP contribution in [0.2, 0.25) is 0 Å². The molecular formula is C11H24OS2Zn. The second kappa shape index (κ2) is 15.2. The van der Waals surface area contributed by atoms with Gasteiger partial charge in [0.05, 0.1) is 6.61 Å². The van der Waals surface area contributed by atoms with E-state index in [0.717, 1.165) is 17.4 Å². The Bertz CT molecular complexity index is 152. The largest absolute Gasteiger partial charge is 0.335 e. The minimum absolute atomic E-state index is 0. The summed E-state index contributed by atoms with van der Waals surface area (Å²) in [4.78, 5) is 0. The van der Waals surface area contributed by atoms with E-state index in [1.807, 2.05) is 0 Å². The Morgan fingerprint density at radius 3 is 2.27 bits per heavy atom.